The molecule has 0 N–H and O–H groups in total. The molecule has 0 radical (unpaired) electrons. The van der Waals surface area contributed by atoms with Gasteiger partial charge in [-0.2, -0.15) is 0 Å². The summed E-state index contributed by atoms with van der Waals surface area (Å²) in [4.78, 5) is 36.1. The third-order valence-electron chi connectivity index (χ3n) is 2.84. The fourth-order valence-electron chi connectivity index (χ4n) is 1.86. The molecule has 0 atom stereocenters. The number of hydrogen-bond acceptors (Lipinski definition) is 4. The predicted molar refractivity (Wildman–Crippen MR) is 68.3 cm³/mol. The molecule has 5 heteroatoms. The molecule has 0 bridgehead atoms. The Morgan fingerprint density at radius 1 is 1.21 bits per heavy atom. The Labute approximate surface area is 110 Å². The van der Waals surface area contributed by atoms with Crippen molar-refractivity contribution in [3.05, 3.63) is 42.0 Å². The Bertz CT molecular complexity index is 548. The van der Waals surface area contributed by atoms with Gasteiger partial charge in [-0.15, -0.1) is 0 Å². The van der Waals surface area contributed by atoms with E-state index in [2.05, 4.69) is 4.74 Å². The number of carbonyl (C=O) groups excluding carboxylic acids is 3. The molecule has 5 nitrogen and oxygen atoms in total. The van der Waals surface area contributed by atoms with Gasteiger partial charge in [0.1, 0.15) is 0 Å². The number of para-hydroxylation sites is 1. The summed E-state index contributed by atoms with van der Waals surface area (Å²) in [6, 6.07) is 8.69. The molecule has 2 amide bonds. The zero-order valence-corrected chi connectivity index (χ0v) is 10.5. The number of methoxy groups -OCH3 is 1. The van der Waals surface area contributed by atoms with Crippen LogP contribution in [0.5, 0.6) is 0 Å². The molecule has 1 heterocycles. The van der Waals surface area contributed by atoms with Gasteiger partial charge in [-0.25, -0.2) is 4.90 Å². The second-order valence-electron chi connectivity index (χ2n) is 4.06. The minimum absolute atomic E-state index is 0.0873. The molecule has 2 rings (SSSR count). The standard InChI is InChI=1S/C14H13NO4/c1-19-13(17)8-7-10-9-12(16)15(14(10)18)11-5-3-2-4-6-11/h2-6,9H,7-8H2,1H3. The van der Waals surface area contributed by atoms with E-state index in [1.54, 1.807) is 30.3 Å². The summed E-state index contributed by atoms with van der Waals surface area (Å²) in [6.45, 7) is 0. The second kappa shape index (κ2) is 5.48. The van der Waals surface area contributed by atoms with E-state index in [0.29, 0.717) is 11.3 Å². The molecule has 0 saturated carbocycles. The van der Waals surface area contributed by atoms with Crippen molar-refractivity contribution in [3.8, 4) is 0 Å². The molecule has 0 spiro atoms. The number of anilines is 1. The second-order valence-corrected chi connectivity index (χ2v) is 4.06. The molecule has 1 aliphatic rings. The zero-order valence-electron chi connectivity index (χ0n) is 10.5. The molecule has 0 saturated heterocycles. The number of nitrogens with zero attached hydrogens (tertiary/aromatic N) is 1. The fourth-order valence-corrected chi connectivity index (χ4v) is 1.86. The van der Waals surface area contributed by atoms with Crippen LogP contribution in [0, 0.1) is 0 Å². The van der Waals surface area contributed by atoms with Crippen LogP contribution in [0.2, 0.25) is 0 Å². The van der Waals surface area contributed by atoms with Crippen LogP contribution in [-0.2, 0) is 19.1 Å². The van der Waals surface area contributed by atoms with Crippen molar-refractivity contribution in [1.82, 2.24) is 0 Å². The van der Waals surface area contributed by atoms with Crippen molar-refractivity contribution in [2.45, 2.75) is 12.8 Å². The largest absolute Gasteiger partial charge is 0.469 e. The summed E-state index contributed by atoms with van der Waals surface area (Å²) in [5, 5.41) is 0. The molecule has 0 fully saturated rings. The van der Waals surface area contributed by atoms with E-state index in [0.717, 1.165) is 4.90 Å². The minimum atomic E-state index is -0.403. The first-order valence-electron chi connectivity index (χ1n) is 5.84. The normalized spacial score (nSPS) is 14.6. The van der Waals surface area contributed by atoms with Crippen molar-refractivity contribution < 1.29 is 19.1 Å². The summed E-state index contributed by atoms with van der Waals surface area (Å²) in [6.07, 6.45) is 1.57. The number of benzene rings is 1. The lowest BCUT2D eigenvalue weighted by atomic mass is 10.1. The first kappa shape index (κ1) is 13.0. The molecular weight excluding hydrogens is 246 g/mol. The van der Waals surface area contributed by atoms with Gasteiger partial charge in [0.25, 0.3) is 11.8 Å². The molecule has 1 aromatic carbocycles. The lowest BCUT2D eigenvalue weighted by molar-refractivity contribution is -0.140. The van der Waals surface area contributed by atoms with Crippen molar-refractivity contribution in [3.63, 3.8) is 0 Å². The molecule has 1 aromatic rings. The van der Waals surface area contributed by atoms with Crippen LogP contribution >= 0.6 is 0 Å². The van der Waals surface area contributed by atoms with Crippen LogP contribution in [0.4, 0.5) is 5.69 Å². The van der Waals surface area contributed by atoms with E-state index in [9.17, 15) is 14.4 Å². The van der Waals surface area contributed by atoms with Crippen LogP contribution in [0.3, 0.4) is 0 Å². The maximum absolute atomic E-state index is 12.1. The van der Waals surface area contributed by atoms with Gasteiger partial charge in [-0.3, -0.25) is 14.4 Å². The van der Waals surface area contributed by atoms with E-state index in [-0.39, 0.29) is 24.7 Å². The number of carbonyl (C=O) groups is 3. The number of esters is 1. The summed E-state index contributed by atoms with van der Waals surface area (Å²) in [5.41, 5.74) is 0.862. The van der Waals surface area contributed by atoms with Crippen LogP contribution in [-0.4, -0.2) is 24.9 Å². The van der Waals surface area contributed by atoms with Gasteiger partial charge < -0.3 is 4.74 Å². The first-order chi connectivity index (χ1) is 9.13. The first-order valence-corrected chi connectivity index (χ1v) is 5.84. The minimum Gasteiger partial charge on any atom is -0.469 e. The van der Waals surface area contributed by atoms with E-state index in [1.807, 2.05) is 0 Å². The lowest BCUT2D eigenvalue weighted by Crippen LogP contribution is -2.30. The Morgan fingerprint density at radius 2 is 1.89 bits per heavy atom. The molecular formula is C14H13NO4. The van der Waals surface area contributed by atoms with Crippen molar-refractivity contribution in [2.75, 3.05) is 12.0 Å². The fraction of sp³-hybridized carbons (Fsp3) is 0.214. The van der Waals surface area contributed by atoms with Crippen LogP contribution in [0.15, 0.2) is 42.0 Å². The number of rotatable bonds is 4. The van der Waals surface area contributed by atoms with Crippen LogP contribution < -0.4 is 4.90 Å². The van der Waals surface area contributed by atoms with Gasteiger partial charge in [0.15, 0.2) is 0 Å². The highest BCUT2D eigenvalue weighted by Crippen LogP contribution is 2.24. The van der Waals surface area contributed by atoms with E-state index < -0.39 is 5.97 Å². The summed E-state index contributed by atoms with van der Waals surface area (Å²) < 4.78 is 4.51. The molecule has 1 aliphatic heterocycles. The van der Waals surface area contributed by atoms with Crippen LogP contribution in [0.25, 0.3) is 0 Å². The summed E-state index contributed by atoms with van der Waals surface area (Å²) >= 11 is 0. The monoisotopic (exact) mass is 259 g/mol. The average Bonchev–Trinajstić information content (AvgIpc) is 2.71. The SMILES string of the molecule is COC(=O)CCC1=CC(=O)N(c2ccccc2)C1=O. The highest BCUT2D eigenvalue weighted by atomic mass is 16.5. The van der Waals surface area contributed by atoms with Crippen molar-refractivity contribution >= 4 is 23.5 Å². The number of amides is 2. The van der Waals surface area contributed by atoms with Crippen molar-refractivity contribution in [2.24, 2.45) is 0 Å². The van der Waals surface area contributed by atoms with Crippen molar-refractivity contribution in [1.29, 1.82) is 0 Å². The van der Waals surface area contributed by atoms with Crippen LogP contribution in [0.1, 0.15) is 12.8 Å². The molecule has 0 unspecified atom stereocenters. The molecule has 0 aliphatic carbocycles. The van der Waals surface area contributed by atoms with Gasteiger partial charge in [-0.1, -0.05) is 18.2 Å². The van der Waals surface area contributed by atoms with E-state index in [1.165, 1.54) is 13.2 Å². The Hall–Kier alpha value is -2.43. The third-order valence-corrected chi connectivity index (χ3v) is 2.84. The van der Waals surface area contributed by atoms with Gasteiger partial charge in [0.05, 0.1) is 12.8 Å². The maximum Gasteiger partial charge on any atom is 0.305 e. The molecule has 0 aromatic heterocycles. The van der Waals surface area contributed by atoms with Gasteiger partial charge in [0.2, 0.25) is 0 Å². The number of hydrogen-bond donors (Lipinski definition) is 0. The topological polar surface area (TPSA) is 63.7 Å². The highest BCUT2D eigenvalue weighted by Gasteiger charge is 2.31. The maximum atomic E-state index is 12.1. The Kier molecular flexibility index (Phi) is 3.75. The summed E-state index contributed by atoms with van der Waals surface area (Å²) in [5.74, 6) is -1.16. The third kappa shape index (κ3) is 2.70. The smallest absolute Gasteiger partial charge is 0.305 e. The van der Waals surface area contributed by atoms with Gasteiger partial charge >= 0.3 is 5.97 Å². The molecule has 98 valence electrons. The average molecular weight is 259 g/mol. The van der Waals surface area contributed by atoms with E-state index >= 15 is 0 Å². The number of imide groups is 1. The highest BCUT2D eigenvalue weighted by molar-refractivity contribution is 6.30. The molecule has 19 heavy (non-hydrogen) atoms. The quantitative estimate of drug-likeness (QED) is 0.606. The van der Waals surface area contributed by atoms with Gasteiger partial charge in [-0.05, 0) is 18.6 Å². The lowest BCUT2D eigenvalue weighted by Gasteiger charge is -2.14. The summed E-state index contributed by atoms with van der Waals surface area (Å²) in [7, 11) is 1.29. The zero-order chi connectivity index (χ0) is 13.8. The van der Waals surface area contributed by atoms with Gasteiger partial charge in [0, 0.05) is 18.1 Å². The predicted octanol–water partition coefficient (Wildman–Crippen LogP) is 1.44. The number of ether oxygens (including phenoxy) is 1. The Balaban J connectivity index is 2.11. The van der Waals surface area contributed by atoms with E-state index in [4.69, 9.17) is 0 Å². The Morgan fingerprint density at radius 3 is 2.53 bits per heavy atom.